The van der Waals surface area contributed by atoms with Crippen LogP contribution in [0.15, 0.2) is 18.2 Å². The van der Waals surface area contributed by atoms with Crippen molar-refractivity contribution in [1.82, 2.24) is 5.43 Å². The van der Waals surface area contributed by atoms with Crippen molar-refractivity contribution in [3.05, 3.63) is 29.3 Å². The number of hydrogen-bond donors (Lipinski definition) is 2. The maximum atomic E-state index is 5.76. The molecule has 0 aromatic heterocycles. The third-order valence-corrected chi connectivity index (χ3v) is 4.33. The first-order valence-electron chi connectivity index (χ1n) is 7.35. The van der Waals surface area contributed by atoms with E-state index >= 15 is 0 Å². The Morgan fingerprint density at radius 1 is 1.32 bits per heavy atom. The molecule has 1 aliphatic rings. The average Bonchev–Trinajstić information content (AvgIpc) is 2.46. The predicted molar refractivity (Wildman–Crippen MR) is 79.0 cm³/mol. The van der Waals surface area contributed by atoms with E-state index in [1.165, 1.54) is 43.2 Å². The van der Waals surface area contributed by atoms with Crippen LogP contribution in [-0.4, -0.2) is 7.11 Å². The third kappa shape index (κ3) is 3.71. The van der Waals surface area contributed by atoms with Gasteiger partial charge in [-0.05, 0) is 36.5 Å². The zero-order valence-corrected chi connectivity index (χ0v) is 12.1. The molecule has 0 saturated heterocycles. The Kier molecular flexibility index (Phi) is 5.23. The Hall–Kier alpha value is -1.06. The highest BCUT2D eigenvalue weighted by atomic mass is 16.5. The molecule has 0 bridgehead atoms. The maximum Gasteiger partial charge on any atom is 0.122 e. The Morgan fingerprint density at radius 3 is 2.68 bits per heavy atom. The van der Waals surface area contributed by atoms with Gasteiger partial charge in [0, 0.05) is 6.04 Å². The molecule has 0 spiro atoms. The highest BCUT2D eigenvalue weighted by molar-refractivity contribution is 5.37. The number of hydrazine groups is 1. The summed E-state index contributed by atoms with van der Waals surface area (Å²) in [5, 5.41) is 0. The summed E-state index contributed by atoms with van der Waals surface area (Å²) in [4.78, 5) is 0. The van der Waals surface area contributed by atoms with E-state index in [9.17, 15) is 0 Å². The highest BCUT2D eigenvalue weighted by Gasteiger charge is 2.20. The molecule has 1 unspecified atom stereocenters. The van der Waals surface area contributed by atoms with Crippen LogP contribution >= 0.6 is 0 Å². The molecule has 0 aliphatic heterocycles. The highest BCUT2D eigenvalue weighted by Crippen LogP contribution is 2.33. The fourth-order valence-electron chi connectivity index (χ4n) is 3.11. The molecule has 3 N–H and O–H groups in total. The van der Waals surface area contributed by atoms with Crippen molar-refractivity contribution in [3.63, 3.8) is 0 Å². The molecule has 0 amide bonds. The van der Waals surface area contributed by atoms with Crippen LogP contribution in [0.5, 0.6) is 5.75 Å². The van der Waals surface area contributed by atoms with Crippen LogP contribution in [0.25, 0.3) is 0 Å². The van der Waals surface area contributed by atoms with Gasteiger partial charge >= 0.3 is 0 Å². The molecule has 1 atom stereocenters. The minimum absolute atomic E-state index is 0.234. The number of rotatable bonds is 5. The largest absolute Gasteiger partial charge is 0.496 e. The molecular formula is C16H26N2O. The second-order valence-electron chi connectivity index (χ2n) is 5.69. The molecule has 1 aromatic rings. The Balaban J connectivity index is 2.07. The molecule has 1 aliphatic carbocycles. The van der Waals surface area contributed by atoms with Gasteiger partial charge in [-0.25, -0.2) is 0 Å². The maximum absolute atomic E-state index is 5.76. The van der Waals surface area contributed by atoms with Crippen LogP contribution < -0.4 is 16.0 Å². The van der Waals surface area contributed by atoms with Crippen LogP contribution in [0.1, 0.15) is 55.7 Å². The molecule has 2 rings (SSSR count). The van der Waals surface area contributed by atoms with Crippen molar-refractivity contribution in [2.45, 2.75) is 51.5 Å². The van der Waals surface area contributed by atoms with Crippen LogP contribution in [0.4, 0.5) is 0 Å². The van der Waals surface area contributed by atoms with E-state index in [-0.39, 0.29) is 6.04 Å². The van der Waals surface area contributed by atoms with Crippen molar-refractivity contribution in [3.8, 4) is 5.75 Å². The van der Waals surface area contributed by atoms with Gasteiger partial charge in [0.15, 0.2) is 0 Å². The number of nitrogens with two attached hydrogens (primary N) is 1. The molecule has 0 heterocycles. The first kappa shape index (κ1) is 14.4. The summed E-state index contributed by atoms with van der Waals surface area (Å²) in [6.45, 7) is 2.06. The van der Waals surface area contributed by atoms with Crippen molar-refractivity contribution in [1.29, 1.82) is 0 Å². The summed E-state index contributed by atoms with van der Waals surface area (Å²) >= 11 is 0. The molecule has 1 saturated carbocycles. The predicted octanol–water partition coefficient (Wildman–Crippen LogP) is 3.48. The fraction of sp³-hybridized carbons (Fsp3) is 0.625. The molecule has 0 radical (unpaired) electrons. The molecule has 1 aromatic carbocycles. The summed E-state index contributed by atoms with van der Waals surface area (Å²) in [6, 6.07) is 6.62. The second-order valence-corrected chi connectivity index (χ2v) is 5.69. The summed E-state index contributed by atoms with van der Waals surface area (Å²) < 4.78 is 5.40. The van der Waals surface area contributed by atoms with Gasteiger partial charge in [-0.3, -0.25) is 11.3 Å². The van der Waals surface area contributed by atoms with Gasteiger partial charge in [0.25, 0.3) is 0 Å². The lowest BCUT2D eigenvalue weighted by Gasteiger charge is -2.26. The minimum atomic E-state index is 0.234. The topological polar surface area (TPSA) is 47.3 Å². The average molecular weight is 262 g/mol. The Morgan fingerprint density at radius 2 is 2.05 bits per heavy atom. The molecule has 3 heteroatoms. The second kappa shape index (κ2) is 6.92. The van der Waals surface area contributed by atoms with Crippen molar-refractivity contribution < 1.29 is 4.74 Å². The van der Waals surface area contributed by atoms with Gasteiger partial charge < -0.3 is 4.74 Å². The first-order valence-corrected chi connectivity index (χ1v) is 7.35. The minimum Gasteiger partial charge on any atom is -0.496 e. The summed E-state index contributed by atoms with van der Waals surface area (Å²) in [5.41, 5.74) is 5.38. The fourth-order valence-corrected chi connectivity index (χ4v) is 3.11. The van der Waals surface area contributed by atoms with Gasteiger partial charge in [0.1, 0.15) is 5.75 Å². The molecule has 3 nitrogen and oxygen atoms in total. The van der Waals surface area contributed by atoms with Gasteiger partial charge in [0.2, 0.25) is 0 Å². The van der Waals surface area contributed by atoms with Crippen LogP contribution in [-0.2, 0) is 0 Å². The monoisotopic (exact) mass is 262 g/mol. The smallest absolute Gasteiger partial charge is 0.122 e. The van der Waals surface area contributed by atoms with E-state index in [0.717, 1.165) is 18.1 Å². The Labute approximate surface area is 116 Å². The molecular weight excluding hydrogens is 236 g/mol. The van der Waals surface area contributed by atoms with Crippen LogP contribution in [0.2, 0.25) is 0 Å². The lowest BCUT2D eigenvalue weighted by atomic mass is 9.83. The SMILES string of the molecule is COc1cc(C(CC2CCCCC2)NN)ccc1C. The van der Waals surface area contributed by atoms with E-state index in [4.69, 9.17) is 10.6 Å². The van der Waals surface area contributed by atoms with E-state index < -0.39 is 0 Å². The van der Waals surface area contributed by atoms with Gasteiger partial charge in [-0.2, -0.15) is 0 Å². The van der Waals surface area contributed by atoms with Crippen molar-refractivity contribution in [2.75, 3.05) is 7.11 Å². The Bertz CT molecular complexity index is 400. The van der Waals surface area contributed by atoms with Gasteiger partial charge in [0.05, 0.1) is 7.11 Å². The zero-order chi connectivity index (χ0) is 13.7. The first-order chi connectivity index (χ1) is 9.24. The number of benzene rings is 1. The van der Waals surface area contributed by atoms with Gasteiger partial charge in [-0.15, -0.1) is 0 Å². The van der Waals surface area contributed by atoms with E-state index in [0.29, 0.717) is 0 Å². The number of aryl methyl sites for hydroxylation is 1. The standard InChI is InChI=1S/C16H26N2O/c1-12-8-9-14(11-16(12)19-2)15(18-17)10-13-6-4-3-5-7-13/h8-9,11,13,15,18H,3-7,10,17H2,1-2H3. The van der Waals surface area contributed by atoms with Crippen molar-refractivity contribution >= 4 is 0 Å². The zero-order valence-electron chi connectivity index (χ0n) is 12.1. The summed E-state index contributed by atoms with van der Waals surface area (Å²) in [6.07, 6.45) is 7.97. The van der Waals surface area contributed by atoms with Crippen LogP contribution in [0.3, 0.4) is 0 Å². The molecule has 19 heavy (non-hydrogen) atoms. The summed E-state index contributed by atoms with van der Waals surface area (Å²) in [7, 11) is 1.72. The lowest BCUT2D eigenvalue weighted by molar-refractivity contribution is 0.300. The summed E-state index contributed by atoms with van der Waals surface area (Å²) in [5.74, 6) is 7.51. The van der Waals surface area contributed by atoms with E-state index in [2.05, 4.69) is 30.5 Å². The van der Waals surface area contributed by atoms with E-state index in [1.807, 2.05) is 0 Å². The third-order valence-electron chi connectivity index (χ3n) is 4.33. The van der Waals surface area contributed by atoms with Gasteiger partial charge in [-0.1, -0.05) is 44.2 Å². The normalized spacial score (nSPS) is 18.3. The number of ether oxygens (including phenoxy) is 1. The lowest BCUT2D eigenvalue weighted by Crippen LogP contribution is -2.30. The quantitative estimate of drug-likeness (QED) is 0.631. The molecule has 106 valence electrons. The van der Waals surface area contributed by atoms with Crippen molar-refractivity contribution in [2.24, 2.45) is 11.8 Å². The number of methoxy groups -OCH3 is 1. The number of hydrogen-bond acceptors (Lipinski definition) is 3. The van der Waals surface area contributed by atoms with E-state index in [1.54, 1.807) is 7.11 Å². The molecule has 1 fully saturated rings. The van der Waals surface area contributed by atoms with Crippen LogP contribution in [0, 0.1) is 12.8 Å². The number of nitrogens with one attached hydrogen (secondary N) is 1.